The fourth-order valence-corrected chi connectivity index (χ4v) is 2.70. The highest BCUT2D eigenvalue weighted by Gasteiger charge is 2.18. The van der Waals surface area contributed by atoms with Crippen molar-refractivity contribution in [3.8, 4) is 0 Å². The fourth-order valence-electron chi connectivity index (χ4n) is 1.28. The molecule has 2 nitrogen and oxygen atoms in total. The smallest absolute Gasteiger partial charge is 0.206 e. The molecule has 0 aliphatic heterocycles. The molecule has 0 aromatic heterocycles. The van der Waals surface area contributed by atoms with E-state index < -0.39 is 9.84 Å². The molecule has 0 unspecified atom stereocenters. The van der Waals surface area contributed by atoms with Crippen molar-refractivity contribution in [3.05, 3.63) is 84.2 Å². The Morgan fingerprint density at radius 1 is 1.00 bits per heavy atom. The minimum atomic E-state index is -3.56. The number of hydrogen-bond donors (Lipinski definition) is 0. The summed E-state index contributed by atoms with van der Waals surface area (Å²) in [6.45, 7) is 12.4. The minimum absolute atomic E-state index is 0.190. The Labute approximate surface area is 116 Å². The zero-order chi connectivity index (χ0) is 14.7. The van der Waals surface area contributed by atoms with Gasteiger partial charge in [0.25, 0.3) is 0 Å². The molecule has 0 atom stereocenters. The summed E-state index contributed by atoms with van der Waals surface area (Å²) in [6, 6.07) is 0. The van der Waals surface area contributed by atoms with Crippen LogP contribution in [0.2, 0.25) is 0 Å². The van der Waals surface area contributed by atoms with Gasteiger partial charge in [-0.25, -0.2) is 8.42 Å². The molecule has 0 radical (unpaired) electrons. The van der Waals surface area contributed by atoms with Gasteiger partial charge in [0.1, 0.15) is 0 Å². The second-order valence-corrected chi connectivity index (χ2v) is 5.49. The van der Waals surface area contributed by atoms with Crippen molar-refractivity contribution in [2.75, 3.05) is 0 Å². The van der Waals surface area contributed by atoms with Gasteiger partial charge in [-0.05, 0) is 37.6 Å². The van der Waals surface area contributed by atoms with E-state index in [0.717, 1.165) is 0 Å². The molecule has 0 amide bonds. The molecule has 0 aromatic carbocycles. The number of rotatable bonds is 8. The third kappa shape index (κ3) is 5.53. The van der Waals surface area contributed by atoms with Crippen molar-refractivity contribution >= 4 is 9.84 Å². The zero-order valence-corrected chi connectivity index (χ0v) is 12.1. The molecule has 0 aromatic rings. The monoisotopic (exact) mass is 276 g/mol. The van der Waals surface area contributed by atoms with Crippen LogP contribution in [0, 0.1) is 0 Å². The molecule has 0 rings (SSSR count). The highest BCUT2D eigenvalue weighted by atomic mass is 32.2. The summed E-state index contributed by atoms with van der Waals surface area (Å²) in [4.78, 5) is 0.386. The summed E-state index contributed by atoms with van der Waals surface area (Å²) in [7, 11) is -3.56. The summed E-state index contributed by atoms with van der Waals surface area (Å²) in [5.74, 6) is 0. The molecule has 0 N–H and O–H groups in total. The van der Waals surface area contributed by atoms with Gasteiger partial charge in [0.15, 0.2) is 0 Å². The third-order valence-electron chi connectivity index (χ3n) is 2.10. The lowest BCUT2D eigenvalue weighted by molar-refractivity contribution is 0.609. The van der Waals surface area contributed by atoms with Crippen LogP contribution in [-0.2, 0) is 9.84 Å². The first-order chi connectivity index (χ1) is 9.04. The van der Waals surface area contributed by atoms with E-state index in [9.17, 15) is 8.42 Å². The van der Waals surface area contributed by atoms with E-state index in [1.54, 1.807) is 31.2 Å². The van der Waals surface area contributed by atoms with Crippen LogP contribution in [0.5, 0.6) is 0 Å². The maximum atomic E-state index is 12.4. The molecule has 3 heteroatoms. The zero-order valence-electron chi connectivity index (χ0n) is 11.2. The van der Waals surface area contributed by atoms with Crippen LogP contribution in [0.3, 0.4) is 0 Å². The van der Waals surface area contributed by atoms with Gasteiger partial charge in [-0.1, -0.05) is 43.5 Å². The topological polar surface area (TPSA) is 34.1 Å². The van der Waals surface area contributed by atoms with E-state index >= 15 is 0 Å². The SMILES string of the molecule is C=C/C=C(\C=C/C)S(=O)(=O)C(/C=C\CC=C)=C/C=C. The Bertz CT molecular complexity index is 541. The summed E-state index contributed by atoms with van der Waals surface area (Å²) in [5, 5.41) is 0. The first-order valence-corrected chi connectivity index (χ1v) is 7.33. The van der Waals surface area contributed by atoms with E-state index in [4.69, 9.17) is 0 Å². The van der Waals surface area contributed by atoms with Gasteiger partial charge in [0.2, 0.25) is 9.84 Å². The van der Waals surface area contributed by atoms with Crippen LogP contribution in [0.15, 0.2) is 84.2 Å². The van der Waals surface area contributed by atoms with Crippen molar-refractivity contribution in [1.82, 2.24) is 0 Å². The molecule has 0 saturated carbocycles. The lowest BCUT2D eigenvalue weighted by atomic mass is 10.3. The van der Waals surface area contributed by atoms with Crippen molar-refractivity contribution in [1.29, 1.82) is 0 Å². The molecular formula is C16H20O2S. The van der Waals surface area contributed by atoms with E-state index in [1.165, 1.54) is 30.4 Å². The highest BCUT2D eigenvalue weighted by Crippen LogP contribution is 2.20. The van der Waals surface area contributed by atoms with Gasteiger partial charge in [-0.2, -0.15) is 0 Å². The van der Waals surface area contributed by atoms with E-state index in [0.29, 0.717) is 6.42 Å². The lowest BCUT2D eigenvalue weighted by Crippen LogP contribution is -2.04. The Kier molecular flexibility index (Phi) is 8.22. The first kappa shape index (κ1) is 17.1. The molecule has 102 valence electrons. The van der Waals surface area contributed by atoms with Crippen LogP contribution in [-0.4, -0.2) is 8.42 Å². The van der Waals surface area contributed by atoms with E-state index in [2.05, 4.69) is 19.7 Å². The Balaban J connectivity index is 5.72. The molecule has 19 heavy (non-hydrogen) atoms. The normalized spacial score (nSPS) is 13.9. The van der Waals surface area contributed by atoms with Crippen LogP contribution in [0.4, 0.5) is 0 Å². The van der Waals surface area contributed by atoms with Crippen LogP contribution < -0.4 is 0 Å². The summed E-state index contributed by atoms with van der Waals surface area (Å²) < 4.78 is 24.9. The Morgan fingerprint density at radius 2 is 1.53 bits per heavy atom. The molecule has 0 saturated heterocycles. The third-order valence-corrected chi connectivity index (χ3v) is 3.89. The molecule has 0 bridgehead atoms. The summed E-state index contributed by atoms with van der Waals surface area (Å²) in [6.07, 6.45) is 14.6. The maximum Gasteiger partial charge on any atom is 0.206 e. The van der Waals surface area contributed by atoms with Crippen LogP contribution in [0.1, 0.15) is 13.3 Å². The Morgan fingerprint density at radius 3 is 1.95 bits per heavy atom. The predicted octanol–water partition coefficient (Wildman–Crippen LogP) is 4.25. The van der Waals surface area contributed by atoms with Crippen molar-refractivity contribution < 1.29 is 8.42 Å². The first-order valence-electron chi connectivity index (χ1n) is 5.85. The van der Waals surface area contributed by atoms with Crippen LogP contribution in [0.25, 0.3) is 0 Å². The molecule has 0 aliphatic carbocycles. The standard InChI is InChI=1S/C16H20O2S/c1-5-9-10-14-16(13-8-4)19(17,18)15(11-6-2)12-7-3/h5-8,10-14H,1-2,4,9H2,3H3/b12-7-,14-10-,15-11+,16-13+. The van der Waals surface area contributed by atoms with E-state index in [1.807, 2.05) is 0 Å². The van der Waals surface area contributed by atoms with Gasteiger partial charge < -0.3 is 0 Å². The van der Waals surface area contributed by atoms with Crippen molar-refractivity contribution in [3.63, 3.8) is 0 Å². The molecule has 0 spiro atoms. The van der Waals surface area contributed by atoms with Gasteiger partial charge in [-0.15, -0.1) is 6.58 Å². The van der Waals surface area contributed by atoms with Gasteiger partial charge >= 0.3 is 0 Å². The Hall–Kier alpha value is -1.87. The van der Waals surface area contributed by atoms with Gasteiger partial charge in [0, 0.05) is 0 Å². The van der Waals surface area contributed by atoms with E-state index in [-0.39, 0.29) is 9.81 Å². The summed E-state index contributed by atoms with van der Waals surface area (Å²) in [5.41, 5.74) is 0. The van der Waals surface area contributed by atoms with Gasteiger partial charge in [0.05, 0.1) is 9.81 Å². The second-order valence-electron chi connectivity index (χ2n) is 3.54. The van der Waals surface area contributed by atoms with Crippen molar-refractivity contribution in [2.24, 2.45) is 0 Å². The number of allylic oxidation sites excluding steroid dienone is 9. The molecule has 0 heterocycles. The summed E-state index contributed by atoms with van der Waals surface area (Å²) >= 11 is 0. The van der Waals surface area contributed by atoms with Crippen molar-refractivity contribution in [2.45, 2.75) is 13.3 Å². The number of sulfone groups is 1. The second kappa shape index (κ2) is 9.11. The minimum Gasteiger partial charge on any atom is -0.219 e. The quantitative estimate of drug-likeness (QED) is 0.490. The molecule has 0 fully saturated rings. The largest absolute Gasteiger partial charge is 0.219 e. The average Bonchev–Trinajstić information content (AvgIpc) is 2.37. The lowest BCUT2D eigenvalue weighted by Gasteiger charge is -2.05. The number of hydrogen-bond acceptors (Lipinski definition) is 2. The average molecular weight is 276 g/mol. The highest BCUT2D eigenvalue weighted by molar-refractivity contribution is 7.99. The van der Waals surface area contributed by atoms with Crippen LogP contribution >= 0.6 is 0 Å². The predicted molar refractivity (Wildman–Crippen MR) is 84.2 cm³/mol. The van der Waals surface area contributed by atoms with Gasteiger partial charge in [-0.3, -0.25) is 0 Å². The fraction of sp³-hybridized carbons (Fsp3) is 0.125. The maximum absolute atomic E-state index is 12.4. The molecule has 0 aliphatic rings. The molecular weight excluding hydrogens is 256 g/mol.